The molecule has 2 aromatic rings. The Morgan fingerprint density at radius 3 is 2.59 bits per heavy atom. The van der Waals surface area contributed by atoms with Crippen molar-refractivity contribution in [2.75, 3.05) is 20.8 Å². The zero-order chi connectivity index (χ0) is 22.8. The van der Waals surface area contributed by atoms with Crippen molar-refractivity contribution in [1.29, 1.82) is 0 Å². The molecule has 1 fully saturated rings. The standard InChI is InChI=1S/C24H32N4O4/c1-4-5-6-13-32-19-10-8-18(9-11-19)20-15-21(27-26-20)24(29)28-25-16-17-7-12-22(30-2)23(14-17)31-3/h7-12,14,16,20-21,26-27H,4-6,13,15H2,1-3H3,(H,28,29)/b25-16+. The number of nitrogens with zero attached hydrogens (tertiary/aromatic N) is 1. The zero-order valence-corrected chi connectivity index (χ0v) is 18.9. The fourth-order valence-corrected chi connectivity index (χ4v) is 3.47. The van der Waals surface area contributed by atoms with E-state index in [0.29, 0.717) is 17.9 Å². The van der Waals surface area contributed by atoms with Crippen LogP contribution in [0.15, 0.2) is 47.6 Å². The van der Waals surface area contributed by atoms with Gasteiger partial charge < -0.3 is 14.2 Å². The third kappa shape index (κ3) is 6.45. The van der Waals surface area contributed by atoms with Gasteiger partial charge in [0.15, 0.2) is 11.5 Å². The lowest BCUT2D eigenvalue weighted by Crippen LogP contribution is -2.41. The molecule has 3 N–H and O–H groups in total. The summed E-state index contributed by atoms with van der Waals surface area (Å²) < 4.78 is 16.3. The maximum Gasteiger partial charge on any atom is 0.258 e. The minimum absolute atomic E-state index is 0.0368. The summed E-state index contributed by atoms with van der Waals surface area (Å²) in [5.74, 6) is 1.91. The Hall–Kier alpha value is -3.10. The van der Waals surface area contributed by atoms with Crippen LogP contribution in [0.1, 0.15) is 49.8 Å². The summed E-state index contributed by atoms with van der Waals surface area (Å²) in [6.45, 7) is 2.91. The van der Waals surface area contributed by atoms with Crippen LogP contribution in [-0.2, 0) is 4.79 Å². The van der Waals surface area contributed by atoms with E-state index in [-0.39, 0.29) is 18.0 Å². The minimum atomic E-state index is -0.382. The third-order valence-corrected chi connectivity index (χ3v) is 5.31. The van der Waals surface area contributed by atoms with Crippen LogP contribution in [0.4, 0.5) is 0 Å². The van der Waals surface area contributed by atoms with Crippen LogP contribution in [-0.4, -0.2) is 39.0 Å². The predicted octanol–water partition coefficient (Wildman–Crippen LogP) is 3.33. The van der Waals surface area contributed by atoms with Gasteiger partial charge in [0, 0.05) is 6.04 Å². The molecule has 2 unspecified atom stereocenters. The van der Waals surface area contributed by atoms with E-state index < -0.39 is 0 Å². The van der Waals surface area contributed by atoms with Crippen LogP contribution in [0, 0.1) is 0 Å². The van der Waals surface area contributed by atoms with Crippen molar-refractivity contribution in [3.63, 3.8) is 0 Å². The van der Waals surface area contributed by atoms with Crippen molar-refractivity contribution >= 4 is 12.1 Å². The number of hydrogen-bond acceptors (Lipinski definition) is 7. The Morgan fingerprint density at radius 1 is 1.09 bits per heavy atom. The number of ether oxygens (including phenoxy) is 3. The maximum absolute atomic E-state index is 12.5. The molecule has 0 radical (unpaired) electrons. The molecule has 172 valence electrons. The molecule has 8 nitrogen and oxygen atoms in total. The van der Waals surface area contributed by atoms with Crippen LogP contribution in [0.25, 0.3) is 0 Å². The summed E-state index contributed by atoms with van der Waals surface area (Å²) >= 11 is 0. The lowest BCUT2D eigenvalue weighted by atomic mass is 10.0. The summed E-state index contributed by atoms with van der Waals surface area (Å²) in [5.41, 5.74) is 10.7. The highest BCUT2D eigenvalue weighted by molar-refractivity contribution is 5.85. The maximum atomic E-state index is 12.5. The first-order valence-electron chi connectivity index (χ1n) is 10.9. The first-order chi connectivity index (χ1) is 15.6. The molecule has 1 amide bonds. The van der Waals surface area contributed by atoms with Gasteiger partial charge in [0.25, 0.3) is 5.91 Å². The summed E-state index contributed by atoms with van der Waals surface area (Å²) in [5, 5.41) is 4.06. The van der Waals surface area contributed by atoms with E-state index in [0.717, 1.165) is 29.9 Å². The van der Waals surface area contributed by atoms with Gasteiger partial charge in [0.2, 0.25) is 0 Å². The number of unbranched alkanes of at least 4 members (excludes halogenated alkanes) is 2. The quantitative estimate of drug-likeness (QED) is 0.282. The van der Waals surface area contributed by atoms with Gasteiger partial charge >= 0.3 is 0 Å². The molecule has 0 aromatic heterocycles. The highest BCUT2D eigenvalue weighted by atomic mass is 16.5. The summed E-state index contributed by atoms with van der Waals surface area (Å²) in [6.07, 6.45) is 5.61. The van der Waals surface area contributed by atoms with E-state index in [1.54, 1.807) is 32.6 Å². The number of carbonyl (C=O) groups excluding carboxylic acids is 1. The van der Waals surface area contributed by atoms with Gasteiger partial charge in [-0.1, -0.05) is 31.9 Å². The Morgan fingerprint density at radius 2 is 1.88 bits per heavy atom. The fraction of sp³-hybridized carbons (Fsp3) is 0.417. The van der Waals surface area contributed by atoms with Crippen molar-refractivity contribution < 1.29 is 19.0 Å². The summed E-state index contributed by atoms with van der Waals surface area (Å²) in [7, 11) is 3.16. The Kier molecular flexibility index (Phi) is 8.89. The minimum Gasteiger partial charge on any atom is -0.494 e. The molecule has 2 atom stereocenters. The summed E-state index contributed by atoms with van der Waals surface area (Å²) in [4.78, 5) is 12.5. The zero-order valence-electron chi connectivity index (χ0n) is 18.9. The molecule has 0 aliphatic carbocycles. The average Bonchev–Trinajstić information content (AvgIpc) is 3.32. The van der Waals surface area contributed by atoms with E-state index in [2.05, 4.69) is 28.3 Å². The number of hydrazone groups is 1. The van der Waals surface area contributed by atoms with Gasteiger partial charge in [0.05, 0.1) is 27.0 Å². The number of benzene rings is 2. The molecular formula is C24H32N4O4. The molecule has 1 saturated heterocycles. The topological polar surface area (TPSA) is 93.2 Å². The van der Waals surface area contributed by atoms with E-state index in [4.69, 9.17) is 14.2 Å². The highest BCUT2D eigenvalue weighted by Gasteiger charge is 2.30. The smallest absolute Gasteiger partial charge is 0.258 e. The van der Waals surface area contributed by atoms with Gasteiger partial charge in [-0.3, -0.25) is 4.79 Å². The molecule has 3 rings (SSSR count). The number of amides is 1. The Balaban J connectivity index is 1.47. The molecule has 8 heteroatoms. The normalized spacial score (nSPS) is 18.0. The SMILES string of the molecule is CCCCCOc1ccc(C2CC(C(=O)N/N=C/c3ccc(OC)c(OC)c3)NN2)cc1. The van der Waals surface area contributed by atoms with Crippen LogP contribution in [0.5, 0.6) is 17.2 Å². The molecule has 1 aliphatic rings. The first kappa shape index (κ1) is 23.6. The van der Waals surface area contributed by atoms with Crippen LogP contribution < -0.4 is 30.5 Å². The van der Waals surface area contributed by atoms with Crippen LogP contribution >= 0.6 is 0 Å². The Labute approximate surface area is 189 Å². The molecule has 0 spiro atoms. The molecule has 0 bridgehead atoms. The second-order valence-corrected chi connectivity index (χ2v) is 7.60. The molecule has 0 saturated carbocycles. The van der Waals surface area contributed by atoms with Gasteiger partial charge in [0.1, 0.15) is 11.8 Å². The molecule has 1 heterocycles. The van der Waals surface area contributed by atoms with Crippen LogP contribution in [0.2, 0.25) is 0 Å². The van der Waals surface area contributed by atoms with E-state index in [9.17, 15) is 4.79 Å². The monoisotopic (exact) mass is 440 g/mol. The lowest BCUT2D eigenvalue weighted by Gasteiger charge is -2.11. The third-order valence-electron chi connectivity index (χ3n) is 5.31. The number of rotatable bonds is 11. The average molecular weight is 441 g/mol. The number of nitrogens with one attached hydrogen (secondary N) is 3. The summed E-state index contributed by atoms with van der Waals surface area (Å²) in [6, 6.07) is 13.1. The predicted molar refractivity (Wildman–Crippen MR) is 124 cm³/mol. The van der Waals surface area contributed by atoms with Crippen molar-refractivity contribution in [3.8, 4) is 17.2 Å². The van der Waals surface area contributed by atoms with Gasteiger partial charge in [-0.2, -0.15) is 5.10 Å². The van der Waals surface area contributed by atoms with Gasteiger partial charge in [-0.05, 0) is 54.3 Å². The van der Waals surface area contributed by atoms with Crippen molar-refractivity contribution in [2.45, 2.75) is 44.7 Å². The number of hydrazine groups is 1. The van der Waals surface area contributed by atoms with Gasteiger partial charge in [-0.25, -0.2) is 16.3 Å². The largest absolute Gasteiger partial charge is 0.494 e. The van der Waals surface area contributed by atoms with E-state index >= 15 is 0 Å². The molecular weight excluding hydrogens is 408 g/mol. The van der Waals surface area contributed by atoms with Crippen molar-refractivity contribution in [2.24, 2.45) is 5.10 Å². The highest BCUT2D eigenvalue weighted by Crippen LogP contribution is 2.27. The second-order valence-electron chi connectivity index (χ2n) is 7.60. The fourth-order valence-electron chi connectivity index (χ4n) is 3.47. The van der Waals surface area contributed by atoms with Crippen molar-refractivity contribution in [3.05, 3.63) is 53.6 Å². The molecule has 2 aromatic carbocycles. The number of carbonyl (C=O) groups is 1. The van der Waals surface area contributed by atoms with E-state index in [1.807, 2.05) is 30.3 Å². The van der Waals surface area contributed by atoms with Gasteiger partial charge in [-0.15, -0.1) is 0 Å². The van der Waals surface area contributed by atoms with E-state index in [1.165, 1.54) is 12.8 Å². The lowest BCUT2D eigenvalue weighted by molar-refractivity contribution is -0.122. The molecule has 1 aliphatic heterocycles. The number of methoxy groups -OCH3 is 2. The molecule has 32 heavy (non-hydrogen) atoms. The Bertz CT molecular complexity index is 901. The number of hydrogen-bond donors (Lipinski definition) is 3. The first-order valence-corrected chi connectivity index (χ1v) is 10.9. The second kappa shape index (κ2) is 12.1. The van der Waals surface area contributed by atoms with Crippen molar-refractivity contribution in [1.82, 2.24) is 16.3 Å². The van der Waals surface area contributed by atoms with Crippen LogP contribution in [0.3, 0.4) is 0 Å².